The Morgan fingerprint density at radius 3 is 2.41 bits per heavy atom. The molecule has 1 atom stereocenters. The first kappa shape index (κ1) is 13.8. The van der Waals surface area contributed by atoms with E-state index in [0.29, 0.717) is 0 Å². The Labute approximate surface area is 112 Å². The lowest BCUT2D eigenvalue weighted by molar-refractivity contribution is -0.384. The highest BCUT2D eigenvalue weighted by atomic mass is 35.5. The molecular formula is C9H5Cl3N2O3. The van der Waals surface area contributed by atoms with E-state index < -0.39 is 10.3 Å². The Morgan fingerprint density at radius 1 is 1.47 bits per heavy atom. The zero-order valence-electron chi connectivity index (χ0n) is 8.19. The van der Waals surface area contributed by atoms with Crippen LogP contribution in [0.2, 0.25) is 10.0 Å². The van der Waals surface area contributed by atoms with Crippen LogP contribution in [0, 0.1) is 21.4 Å². The zero-order chi connectivity index (χ0) is 13.0. The van der Waals surface area contributed by atoms with Gasteiger partial charge in [-0.2, -0.15) is 5.26 Å². The number of nitrogens with zero attached hydrogens (tertiary/aromatic N) is 2. The normalized spacial score (nSPS) is 11.6. The number of halogens is 3. The minimum atomic E-state index is -0.850. The molecule has 1 rings (SSSR count). The molecule has 5 nitrogen and oxygen atoms in total. The summed E-state index contributed by atoms with van der Waals surface area (Å²) in [7, 11) is 0. The summed E-state index contributed by atoms with van der Waals surface area (Å²) in [4.78, 5) is 9.89. The number of hydrogen-bond donors (Lipinski definition) is 0. The quantitative estimate of drug-likeness (QED) is 0.484. The van der Waals surface area contributed by atoms with Crippen LogP contribution in [0.15, 0.2) is 12.1 Å². The third-order valence-corrected chi connectivity index (χ3v) is 2.49. The summed E-state index contributed by atoms with van der Waals surface area (Å²) >= 11 is 17.1. The average molecular weight is 296 g/mol. The number of nitriles is 1. The van der Waals surface area contributed by atoms with Crippen LogP contribution in [0.4, 0.5) is 5.69 Å². The summed E-state index contributed by atoms with van der Waals surface area (Å²) in [6, 6.07) is 3.97. The molecule has 0 saturated carbocycles. The van der Waals surface area contributed by atoms with E-state index in [0.717, 1.165) is 12.1 Å². The van der Waals surface area contributed by atoms with Gasteiger partial charge in [0.25, 0.3) is 5.69 Å². The molecule has 0 aromatic heterocycles. The van der Waals surface area contributed by atoms with Crippen molar-refractivity contribution in [2.45, 2.75) is 5.38 Å². The summed E-state index contributed by atoms with van der Waals surface area (Å²) in [6.45, 7) is -0.116. The Balaban J connectivity index is 2.95. The molecule has 0 bridgehead atoms. The van der Waals surface area contributed by atoms with Gasteiger partial charge in [0.2, 0.25) is 0 Å². The maximum absolute atomic E-state index is 10.5. The van der Waals surface area contributed by atoms with Crippen molar-refractivity contribution in [1.82, 2.24) is 0 Å². The Kier molecular flexibility index (Phi) is 4.82. The van der Waals surface area contributed by atoms with Gasteiger partial charge in [-0.1, -0.05) is 23.2 Å². The highest BCUT2D eigenvalue weighted by Crippen LogP contribution is 2.36. The fraction of sp³-hybridized carbons (Fsp3) is 0.222. The largest absolute Gasteiger partial charge is 0.488 e. The van der Waals surface area contributed by atoms with Crippen molar-refractivity contribution in [3.63, 3.8) is 0 Å². The molecule has 0 heterocycles. The summed E-state index contributed by atoms with van der Waals surface area (Å²) in [5, 5.41) is 18.1. The standard InChI is InChI=1S/C9H5Cl3N2O3/c10-5(3-13)4-17-9-7(11)1-6(14(15)16)2-8(9)12/h1-2,5H,4H2. The van der Waals surface area contributed by atoms with E-state index in [2.05, 4.69) is 0 Å². The van der Waals surface area contributed by atoms with Crippen molar-refractivity contribution in [3.05, 3.63) is 32.3 Å². The number of hydrogen-bond acceptors (Lipinski definition) is 4. The van der Waals surface area contributed by atoms with Crippen LogP contribution >= 0.6 is 34.8 Å². The summed E-state index contributed by atoms with van der Waals surface area (Å²) in [5.74, 6) is 0.0693. The second kappa shape index (κ2) is 5.92. The SMILES string of the molecule is N#CC(Cl)COc1c(Cl)cc([N+](=O)[O-])cc1Cl. The van der Waals surface area contributed by atoms with Crippen molar-refractivity contribution >= 4 is 40.5 Å². The van der Waals surface area contributed by atoms with Crippen LogP contribution in [-0.4, -0.2) is 16.9 Å². The highest BCUT2D eigenvalue weighted by molar-refractivity contribution is 6.37. The number of alkyl halides is 1. The molecule has 0 fully saturated rings. The van der Waals surface area contributed by atoms with Crippen LogP contribution in [0.5, 0.6) is 5.75 Å². The lowest BCUT2D eigenvalue weighted by Gasteiger charge is -2.09. The van der Waals surface area contributed by atoms with Gasteiger partial charge in [0.1, 0.15) is 6.61 Å². The zero-order valence-corrected chi connectivity index (χ0v) is 10.5. The van der Waals surface area contributed by atoms with Gasteiger partial charge in [-0.05, 0) is 0 Å². The lowest BCUT2D eigenvalue weighted by atomic mass is 10.3. The molecule has 0 radical (unpaired) electrons. The third kappa shape index (κ3) is 3.63. The predicted octanol–water partition coefficient (Wildman–Crippen LogP) is 3.41. The van der Waals surface area contributed by atoms with Gasteiger partial charge >= 0.3 is 0 Å². The Hall–Kier alpha value is -1.22. The smallest absolute Gasteiger partial charge is 0.272 e. The van der Waals surface area contributed by atoms with Crippen molar-refractivity contribution in [2.24, 2.45) is 0 Å². The maximum atomic E-state index is 10.5. The molecule has 1 aromatic carbocycles. The summed E-state index contributed by atoms with van der Waals surface area (Å²) < 4.78 is 5.11. The van der Waals surface area contributed by atoms with E-state index >= 15 is 0 Å². The Bertz CT molecular complexity index is 464. The molecular weight excluding hydrogens is 290 g/mol. The molecule has 1 aromatic rings. The molecule has 90 valence electrons. The molecule has 17 heavy (non-hydrogen) atoms. The van der Waals surface area contributed by atoms with Gasteiger partial charge in [0, 0.05) is 12.1 Å². The molecule has 0 aliphatic heterocycles. The van der Waals surface area contributed by atoms with Gasteiger partial charge in [-0.3, -0.25) is 10.1 Å². The minimum absolute atomic E-state index is 0.00833. The second-order valence-electron chi connectivity index (χ2n) is 2.90. The van der Waals surface area contributed by atoms with Crippen molar-refractivity contribution < 1.29 is 9.66 Å². The van der Waals surface area contributed by atoms with E-state index in [1.165, 1.54) is 0 Å². The van der Waals surface area contributed by atoms with E-state index in [4.69, 9.17) is 44.8 Å². The maximum Gasteiger partial charge on any atom is 0.272 e. The molecule has 0 saturated heterocycles. The fourth-order valence-electron chi connectivity index (χ4n) is 0.984. The topological polar surface area (TPSA) is 76.2 Å². The predicted molar refractivity (Wildman–Crippen MR) is 63.9 cm³/mol. The van der Waals surface area contributed by atoms with Crippen LogP contribution in [0.25, 0.3) is 0 Å². The van der Waals surface area contributed by atoms with Gasteiger partial charge < -0.3 is 4.74 Å². The van der Waals surface area contributed by atoms with Gasteiger partial charge in [0.05, 0.1) is 21.0 Å². The molecule has 1 unspecified atom stereocenters. The minimum Gasteiger partial charge on any atom is -0.488 e. The number of non-ortho nitro benzene ring substituents is 1. The summed E-state index contributed by atoms with van der Waals surface area (Å²) in [5.41, 5.74) is -0.241. The number of rotatable bonds is 4. The molecule has 0 N–H and O–H groups in total. The molecule has 8 heteroatoms. The van der Waals surface area contributed by atoms with E-state index in [1.54, 1.807) is 6.07 Å². The van der Waals surface area contributed by atoms with E-state index in [1.807, 2.05) is 0 Å². The molecule has 0 spiro atoms. The number of nitro groups is 1. The van der Waals surface area contributed by atoms with Gasteiger partial charge in [-0.15, -0.1) is 11.6 Å². The first-order valence-electron chi connectivity index (χ1n) is 4.25. The first-order valence-corrected chi connectivity index (χ1v) is 5.45. The number of benzene rings is 1. The summed E-state index contributed by atoms with van der Waals surface area (Å²) in [6.07, 6.45) is 0. The molecule has 0 amide bonds. The first-order chi connectivity index (χ1) is 7.95. The molecule has 0 aliphatic carbocycles. The second-order valence-corrected chi connectivity index (χ2v) is 4.24. The van der Waals surface area contributed by atoms with Crippen molar-refractivity contribution in [1.29, 1.82) is 5.26 Å². The number of ether oxygens (including phenoxy) is 1. The Morgan fingerprint density at radius 2 is 2.00 bits per heavy atom. The van der Waals surface area contributed by atoms with Crippen LogP contribution in [0.1, 0.15) is 0 Å². The monoisotopic (exact) mass is 294 g/mol. The lowest BCUT2D eigenvalue weighted by Crippen LogP contribution is -2.09. The van der Waals surface area contributed by atoms with Gasteiger partial charge in [0.15, 0.2) is 11.1 Å². The molecule has 0 aliphatic rings. The highest BCUT2D eigenvalue weighted by Gasteiger charge is 2.16. The van der Waals surface area contributed by atoms with Crippen molar-refractivity contribution in [2.75, 3.05) is 6.61 Å². The average Bonchev–Trinajstić information content (AvgIpc) is 2.27. The van der Waals surface area contributed by atoms with Crippen molar-refractivity contribution in [3.8, 4) is 11.8 Å². The van der Waals surface area contributed by atoms with E-state index in [-0.39, 0.29) is 28.1 Å². The number of nitro benzene ring substituents is 1. The fourth-order valence-corrected chi connectivity index (χ4v) is 1.63. The van der Waals surface area contributed by atoms with E-state index in [9.17, 15) is 10.1 Å². The van der Waals surface area contributed by atoms with Crippen LogP contribution < -0.4 is 4.74 Å². The van der Waals surface area contributed by atoms with Crippen LogP contribution in [-0.2, 0) is 0 Å². The third-order valence-electron chi connectivity index (χ3n) is 1.71. The van der Waals surface area contributed by atoms with Crippen LogP contribution in [0.3, 0.4) is 0 Å². The van der Waals surface area contributed by atoms with Gasteiger partial charge in [-0.25, -0.2) is 0 Å².